The Labute approximate surface area is 109 Å². The van der Waals surface area contributed by atoms with E-state index in [1.807, 2.05) is 35.3 Å². The molecule has 1 aromatic heterocycles. The number of carbonyl (C=O) groups excluding carboxylic acids is 1. The molecule has 0 saturated carbocycles. The molecule has 0 fully saturated rings. The molecule has 18 heavy (non-hydrogen) atoms. The van der Waals surface area contributed by atoms with Crippen LogP contribution in [0.2, 0.25) is 0 Å². The Morgan fingerprint density at radius 3 is 2.89 bits per heavy atom. The maximum absolute atomic E-state index is 11.7. The first-order valence-electron chi connectivity index (χ1n) is 5.61. The molecule has 0 spiro atoms. The predicted octanol–water partition coefficient (Wildman–Crippen LogP) is 1.85. The molecule has 94 valence electrons. The van der Waals surface area contributed by atoms with Crippen molar-refractivity contribution in [3.63, 3.8) is 0 Å². The average molecular weight is 262 g/mol. The SMILES string of the molecule is Cn1ccsc1=NC(=O)CCc1ccccc1O. The minimum atomic E-state index is -0.170. The van der Waals surface area contributed by atoms with Gasteiger partial charge in [0, 0.05) is 25.0 Å². The van der Waals surface area contributed by atoms with Crippen LogP contribution in [0.1, 0.15) is 12.0 Å². The van der Waals surface area contributed by atoms with Gasteiger partial charge in [0.2, 0.25) is 5.91 Å². The van der Waals surface area contributed by atoms with E-state index in [1.165, 1.54) is 11.3 Å². The van der Waals surface area contributed by atoms with E-state index in [1.54, 1.807) is 12.1 Å². The number of carbonyl (C=O) groups is 1. The van der Waals surface area contributed by atoms with Crippen LogP contribution >= 0.6 is 11.3 Å². The van der Waals surface area contributed by atoms with Crippen molar-refractivity contribution >= 4 is 17.2 Å². The molecule has 2 aromatic rings. The molecule has 0 bridgehead atoms. The number of nitrogens with zero attached hydrogens (tertiary/aromatic N) is 2. The number of thiazole rings is 1. The highest BCUT2D eigenvalue weighted by atomic mass is 32.1. The summed E-state index contributed by atoms with van der Waals surface area (Å²) in [5.41, 5.74) is 0.775. The molecular weight excluding hydrogens is 248 g/mol. The number of benzene rings is 1. The highest BCUT2D eigenvalue weighted by Crippen LogP contribution is 2.17. The Morgan fingerprint density at radius 2 is 2.22 bits per heavy atom. The molecule has 0 aliphatic heterocycles. The van der Waals surface area contributed by atoms with Crippen molar-refractivity contribution in [2.45, 2.75) is 12.8 Å². The smallest absolute Gasteiger partial charge is 0.248 e. The van der Waals surface area contributed by atoms with E-state index in [0.717, 1.165) is 5.56 Å². The van der Waals surface area contributed by atoms with E-state index in [9.17, 15) is 9.90 Å². The molecule has 5 heteroatoms. The van der Waals surface area contributed by atoms with Crippen molar-refractivity contribution in [2.24, 2.45) is 12.0 Å². The maximum atomic E-state index is 11.7. The van der Waals surface area contributed by atoms with Crippen molar-refractivity contribution in [1.29, 1.82) is 0 Å². The lowest BCUT2D eigenvalue weighted by Crippen LogP contribution is -2.12. The van der Waals surface area contributed by atoms with Crippen LogP contribution < -0.4 is 4.80 Å². The Hall–Kier alpha value is -1.88. The number of aromatic hydroxyl groups is 1. The molecule has 1 amide bonds. The number of para-hydroxylation sites is 1. The van der Waals surface area contributed by atoms with Gasteiger partial charge in [0.15, 0.2) is 4.80 Å². The minimum Gasteiger partial charge on any atom is -0.508 e. The zero-order valence-electron chi connectivity index (χ0n) is 10.0. The second-order valence-corrected chi connectivity index (χ2v) is 4.80. The van der Waals surface area contributed by atoms with Crippen LogP contribution in [0.4, 0.5) is 0 Å². The first-order valence-corrected chi connectivity index (χ1v) is 6.49. The average Bonchev–Trinajstić information content (AvgIpc) is 2.74. The molecule has 1 aromatic carbocycles. The van der Waals surface area contributed by atoms with Crippen LogP contribution in [0.25, 0.3) is 0 Å². The second-order valence-electron chi connectivity index (χ2n) is 3.93. The van der Waals surface area contributed by atoms with Gasteiger partial charge in [0.05, 0.1) is 0 Å². The van der Waals surface area contributed by atoms with Gasteiger partial charge in [-0.2, -0.15) is 4.99 Å². The number of hydrogen-bond acceptors (Lipinski definition) is 3. The molecule has 0 aliphatic rings. The van der Waals surface area contributed by atoms with Crippen molar-refractivity contribution < 1.29 is 9.90 Å². The van der Waals surface area contributed by atoms with Gasteiger partial charge < -0.3 is 9.67 Å². The largest absolute Gasteiger partial charge is 0.508 e. The van der Waals surface area contributed by atoms with E-state index < -0.39 is 0 Å². The number of phenolic OH excluding ortho intramolecular Hbond substituents is 1. The summed E-state index contributed by atoms with van der Waals surface area (Å²) in [6.45, 7) is 0. The molecule has 0 aliphatic carbocycles. The quantitative estimate of drug-likeness (QED) is 0.917. The lowest BCUT2D eigenvalue weighted by molar-refractivity contribution is -0.118. The first kappa shape index (κ1) is 12.6. The maximum Gasteiger partial charge on any atom is 0.248 e. The third kappa shape index (κ3) is 3.07. The fraction of sp³-hybridized carbons (Fsp3) is 0.231. The van der Waals surface area contributed by atoms with Crippen LogP contribution in [0, 0.1) is 0 Å². The van der Waals surface area contributed by atoms with E-state index in [2.05, 4.69) is 4.99 Å². The Morgan fingerprint density at radius 1 is 1.44 bits per heavy atom. The summed E-state index contributed by atoms with van der Waals surface area (Å²) in [6.07, 6.45) is 2.67. The first-order chi connectivity index (χ1) is 8.66. The van der Waals surface area contributed by atoms with Gasteiger partial charge in [-0.15, -0.1) is 11.3 Å². The number of hydrogen-bond donors (Lipinski definition) is 1. The lowest BCUT2D eigenvalue weighted by Gasteiger charge is -2.01. The predicted molar refractivity (Wildman–Crippen MR) is 70.3 cm³/mol. The molecule has 4 nitrogen and oxygen atoms in total. The summed E-state index contributed by atoms with van der Waals surface area (Å²) in [5.74, 6) is 0.0586. The van der Waals surface area contributed by atoms with Crippen molar-refractivity contribution in [3.8, 4) is 5.75 Å². The summed E-state index contributed by atoms with van der Waals surface area (Å²) in [4.78, 5) is 16.4. The highest BCUT2D eigenvalue weighted by Gasteiger charge is 2.04. The molecular formula is C13H14N2O2S. The van der Waals surface area contributed by atoms with Crippen molar-refractivity contribution in [1.82, 2.24) is 4.57 Å². The normalized spacial score (nSPS) is 11.7. The van der Waals surface area contributed by atoms with Gasteiger partial charge in [-0.05, 0) is 18.1 Å². The Balaban J connectivity index is 2.02. The molecule has 0 unspecified atom stereocenters. The van der Waals surface area contributed by atoms with Gasteiger partial charge in [-0.3, -0.25) is 4.79 Å². The molecule has 0 atom stereocenters. The summed E-state index contributed by atoms with van der Waals surface area (Å²) < 4.78 is 1.81. The number of aromatic nitrogens is 1. The van der Waals surface area contributed by atoms with Crippen LogP contribution in [-0.4, -0.2) is 15.6 Å². The van der Waals surface area contributed by atoms with Crippen LogP contribution in [-0.2, 0) is 18.3 Å². The Kier molecular flexibility index (Phi) is 3.94. The van der Waals surface area contributed by atoms with Gasteiger partial charge in [-0.25, -0.2) is 0 Å². The summed E-state index contributed by atoms with van der Waals surface area (Å²) in [6, 6.07) is 7.04. The van der Waals surface area contributed by atoms with Crippen LogP contribution in [0.3, 0.4) is 0 Å². The monoisotopic (exact) mass is 262 g/mol. The van der Waals surface area contributed by atoms with Gasteiger partial charge >= 0.3 is 0 Å². The zero-order valence-corrected chi connectivity index (χ0v) is 10.9. The van der Waals surface area contributed by atoms with Gasteiger partial charge in [-0.1, -0.05) is 18.2 Å². The molecule has 1 heterocycles. The number of rotatable bonds is 3. The van der Waals surface area contributed by atoms with Crippen LogP contribution in [0.15, 0.2) is 40.8 Å². The van der Waals surface area contributed by atoms with E-state index >= 15 is 0 Å². The number of amides is 1. The van der Waals surface area contributed by atoms with E-state index in [-0.39, 0.29) is 11.7 Å². The van der Waals surface area contributed by atoms with Gasteiger partial charge in [0.1, 0.15) is 5.75 Å². The molecule has 2 rings (SSSR count). The summed E-state index contributed by atoms with van der Waals surface area (Å²) in [5, 5.41) is 11.5. The fourth-order valence-electron chi connectivity index (χ4n) is 1.56. The Bertz CT molecular complexity index is 613. The van der Waals surface area contributed by atoms with Crippen LogP contribution in [0.5, 0.6) is 5.75 Å². The third-order valence-electron chi connectivity index (χ3n) is 2.58. The van der Waals surface area contributed by atoms with Crippen molar-refractivity contribution in [2.75, 3.05) is 0 Å². The second kappa shape index (κ2) is 5.64. The minimum absolute atomic E-state index is 0.170. The zero-order chi connectivity index (χ0) is 13.0. The standard InChI is InChI=1S/C13H14N2O2S/c1-15-8-9-18-13(15)14-12(17)7-6-10-4-2-3-5-11(10)16/h2-5,8-9,16H,6-7H2,1H3. The van der Waals surface area contributed by atoms with E-state index in [4.69, 9.17) is 0 Å². The van der Waals surface area contributed by atoms with E-state index in [0.29, 0.717) is 17.6 Å². The molecule has 0 saturated heterocycles. The number of aryl methyl sites for hydroxylation is 2. The molecule has 1 N–H and O–H groups in total. The molecule has 0 radical (unpaired) electrons. The van der Waals surface area contributed by atoms with Crippen molar-refractivity contribution in [3.05, 3.63) is 46.2 Å². The third-order valence-corrected chi connectivity index (χ3v) is 3.43. The summed E-state index contributed by atoms with van der Waals surface area (Å²) >= 11 is 1.43. The lowest BCUT2D eigenvalue weighted by atomic mass is 10.1. The highest BCUT2D eigenvalue weighted by molar-refractivity contribution is 7.07. The summed E-state index contributed by atoms with van der Waals surface area (Å²) in [7, 11) is 1.85. The number of phenols is 1. The topological polar surface area (TPSA) is 54.6 Å². The fourth-order valence-corrected chi connectivity index (χ4v) is 2.31. The van der Waals surface area contributed by atoms with Gasteiger partial charge in [0.25, 0.3) is 0 Å².